The van der Waals surface area contributed by atoms with E-state index in [0.717, 1.165) is 27.8 Å². The van der Waals surface area contributed by atoms with E-state index < -0.39 is 0 Å². The molecular formula is C33H22ClN3S. The van der Waals surface area contributed by atoms with Gasteiger partial charge in [-0.3, -0.25) is 5.41 Å². The molecule has 1 aromatic heterocycles. The maximum absolute atomic E-state index is 8.64. The third-order valence-electron chi connectivity index (χ3n) is 6.28. The van der Waals surface area contributed by atoms with Crippen molar-refractivity contribution in [1.82, 2.24) is 0 Å². The highest BCUT2D eigenvalue weighted by molar-refractivity contribution is 7.25. The van der Waals surface area contributed by atoms with Gasteiger partial charge in [0.05, 0.1) is 0 Å². The smallest absolute Gasteiger partial charge is 0.161 e. The number of nitrogens with zero attached hydrogens (tertiary/aromatic N) is 2. The number of hydrogen-bond donors (Lipinski definition) is 1. The van der Waals surface area contributed by atoms with Gasteiger partial charge < -0.3 is 0 Å². The normalized spacial score (nSPS) is 12.0. The van der Waals surface area contributed by atoms with Crippen LogP contribution < -0.4 is 0 Å². The molecular weight excluding hydrogens is 506 g/mol. The first-order chi connectivity index (χ1) is 18.6. The van der Waals surface area contributed by atoms with Crippen LogP contribution in [0.5, 0.6) is 0 Å². The van der Waals surface area contributed by atoms with Crippen LogP contribution >= 0.6 is 22.9 Å². The topological polar surface area (TPSA) is 48.6 Å². The minimum absolute atomic E-state index is 0.168. The van der Waals surface area contributed by atoms with Crippen LogP contribution in [0.1, 0.15) is 16.7 Å². The van der Waals surface area contributed by atoms with E-state index in [4.69, 9.17) is 22.0 Å². The van der Waals surface area contributed by atoms with Crippen molar-refractivity contribution in [2.45, 2.75) is 0 Å². The third kappa shape index (κ3) is 5.05. The van der Waals surface area contributed by atoms with Crippen LogP contribution in [0.15, 0.2) is 131 Å². The molecule has 6 rings (SSSR count). The lowest BCUT2D eigenvalue weighted by atomic mass is 10.0. The first-order valence-corrected chi connectivity index (χ1v) is 13.4. The summed E-state index contributed by atoms with van der Waals surface area (Å²) in [4.78, 5) is 9.48. The highest BCUT2D eigenvalue weighted by Crippen LogP contribution is 2.34. The van der Waals surface area contributed by atoms with Crippen LogP contribution in [0, 0.1) is 5.41 Å². The Kier molecular flexibility index (Phi) is 6.65. The Morgan fingerprint density at radius 2 is 1.39 bits per heavy atom. The van der Waals surface area contributed by atoms with Gasteiger partial charge in [-0.05, 0) is 47.0 Å². The number of thiophene rings is 1. The number of amidine groups is 2. The molecule has 5 aromatic carbocycles. The van der Waals surface area contributed by atoms with Crippen molar-refractivity contribution >= 4 is 61.0 Å². The fraction of sp³-hybridized carbons (Fsp3) is 0. The number of halogens is 1. The zero-order chi connectivity index (χ0) is 25.9. The Morgan fingerprint density at radius 1 is 0.658 bits per heavy atom. The molecule has 1 N–H and O–H groups in total. The standard InChI is InChI=1S/C33H22ClN3S/c34-27-13-7-12-25(19-27)24-11-6-8-22(18-24)21-36-33(37-32(35)23-9-2-1-3-10-23)26-16-17-29-28-14-4-5-15-30(28)38-31(29)20-26/h1-21,35H. The zero-order valence-electron chi connectivity index (χ0n) is 20.3. The zero-order valence-corrected chi connectivity index (χ0v) is 21.9. The van der Waals surface area contributed by atoms with Crippen LogP contribution in [0.3, 0.4) is 0 Å². The summed E-state index contributed by atoms with van der Waals surface area (Å²) >= 11 is 7.96. The predicted molar refractivity (Wildman–Crippen MR) is 164 cm³/mol. The average Bonchev–Trinajstić information content (AvgIpc) is 3.33. The summed E-state index contributed by atoms with van der Waals surface area (Å²) in [5, 5.41) is 11.8. The number of hydrogen-bond acceptors (Lipinski definition) is 2. The van der Waals surface area contributed by atoms with Gasteiger partial charge in [-0.25, -0.2) is 9.98 Å². The Hall–Kier alpha value is -4.38. The molecule has 0 radical (unpaired) electrons. The molecule has 182 valence electrons. The fourth-order valence-electron chi connectivity index (χ4n) is 4.40. The summed E-state index contributed by atoms with van der Waals surface area (Å²) in [6, 6.07) is 40.2. The van der Waals surface area contributed by atoms with Crippen LogP contribution in [0.2, 0.25) is 5.02 Å². The lowest BCUT2D eigenvalue weighted by Gasteiger charge is -2.06. The molecule has 0 aliphatic heterocycles. The van der Waals surface area contributed by atoms with E-state index in [2.05, 4.69) is 53.5 Å². The molecule has 38 heavy (non-hydrogen) atoms. The van der Waals surface area contributed by atoms with Crippen molar-refractivity contribution in [3.8, 4) is 11.1 Å². The lowest BCUT2D eigenvalue weighted by Crippen LogP contribution is -2.04. The maximum Gasteiger partial charge on any atom is 0.161 e. The summed E-state index contributed by atoms with van der Waals surface area (Å²) < 4.78 is 2.41. The molecule has 0 aliphatic rings. The van der Waals surface area contributed by atoms with Gasteiger partial charge in [0.2, 0.25) is 0 Å². The first-order valence-electron chi connectivity index (χ1n) is 12.2. The van der Waals surface area contributed by atoms with Crippen molar-refractivity contribution in [2.24, 2.45) is 9.98 Å². The molecule has 0 unspecified atom stereocenters. The van der Waals surface area contributed by atoms with Gasteiger partial charge in [-0.1, -0.05) is 103 Å². The summed E-state index contributed by atoms with van der Waals surface area (Å²) in [6.45, 7) is 0. The quantitative estimate of drug-likeness (QED) is 0.175. The number of rotatable bonds is 4. The van der Waals surface area contributed by atoms with E-state index in [9.17, 15) is 0 Å². The van der Waals surface area contributed by atoms with Gasteiger partial charge in [0.25, 0.3) is 0 Å². The van der Waals surface area contributed by atoms with E-state index in [1.54, 1.807) is 17.6 Å². The van der Waals surface area contributed by atoms with E-state index in [1.807, 2.05) is 72.8 Å². The summed E-state index contributed by atoms with van der Waals surface area (Å²) in [5.74, 6) is 0.660. The van der Waals surface area contributed by atoms with Gasteiger partial charge in [-0.2, -0.15) is 0 Å². The molecule has 5 heteroatoms. The number of aliphatic imine (C=N–C) groups is 2. The second-order valence-electron chi connectivity index (χ2n) is 8.85. The van der Waals surface area contributed by atoms with Gasteiger partial charge in [0, 0.05) is 42.5 Å². The van der Waals surface area contributed by atoms with Crippen LogP contribution in [0.25, 0.3) is 31.3 Å². The highest BCUT2D eigenvalue weighted by Gasteiger charge is 2.10. The van der Waals surface area contributed by atoms with Crippen molar-refractivity contribution < 1.29 is 0 Å². The van der Waals surface area contributed by atoms with E-state index in [1.165, 1.54) is 20.2 Å². The number of nitrogens with one attached hydrogen (secondary N) is 1. The predicted octanol–water partition coefficient (Wildman–Crippen LogP) is 9.27. The van der Waals surface area contributed by atoms with Crippen molar-refractivity contribution in [3.63, 3.8) is 0 Å². The van der Waals surface area contributed by atoms with Gasteiger partial charge >= 0.3 is 0 Å². The Morgan fingerprint density at radius 3 is 2.24 bits per heavy atom. The monoisotopic (exact) mass is 527 g/mol. The molecule has 3 nitrogen and oxygen atoms in total. The van der Waals surface area contributed by atoms with Crippen molar-refractivity contribution in [2.75, 3.05) is 0 Å². The van der Waals surface area contributed by atoms with E-state index >= 15 is 0 Å². The molecule has 1 heterocycles. The summed E-state index contributed by atoms with van der Waals surface area (Å²) in [6.07, 6.45) is 1.81. The van der Waals surface area contributed by atoms with Crippen molar-refractivity contribution in [3.05, 3.63) is 143 Å². The summed E-state index contributed by atoms with van der Waals surface area (Å²) in [7, 11) is 0. The first kappa shape index (κ1) is 24.0. The molecule has 0 aliphatic carbocycles. The Balaban J connectivity index is 1.41. The molecule has 6 aromatic rings. The minimum Gasteiger partial charge on any atom is -0.282 e. The molecule has 0 spiro atoms. The molecule has 0 fully saturated rings. The molecule has 0 amide bonds. The van der Waals surface area contributed by atoms with Gasteiger partial charge in [-0.15, -0.1) is 11.3 Å². The Labute approximate surface area is 229 Å². The molecule has 0 atom stereocenters. The molecule has 0 bridgehead atoms. The third-order valence-corrected chi connectivity index (χ3v) is 7.65. The van der Waals surface area contributed by atoms with Gasteiger partial charge in [0.15, 0.2) is 11.7 Å². The molecule has 0 saturated heterocycles. The second-order valence-corrected chi connectivity index (χ2v) is 10.4. The van der Waals surface area contributed by atoms with Crippen LogP contribution in [0.4, 0.5) is 0 Å². The second kappa shape index (κ2) is 10.5. The number of fused-ring (bicyclic) bond motifs is 3. The van der Waals surface area contributed by atoms with Crippen molar-refractivity contribution in [1.29, 1.82) is 5.41 Å². The summed E-state index contributed by atoms with van der Waals surface area (Å²) in [5.41, 5.74) is 4.64. The average molecular weight is 528 g/mol. The van der Waals surface area contributed by atoms with Gasteiger partial charge in [0.1, 0.15) is 0 Å². The Bertz CT molecular complexity index is 1850. The SMILES string of the molecule is N=C(N=C(N=Cc1cccc(-c2cccc(Cl)c2)c1)c1ccc2c(c1)sc1ccccc12)c1ccccc1. The highest BCUT2D eigenvalue weighted by atomic mass is 35.5. The van der Waals surface area contributed by atoms with Crippen LogP contribution in [-0.4, -0.2) is 17.9 Å². The lowest BCUT2D eigenvalue weighted by molar-refractivity contribution is 1.40. The minimum atomic E-state index is 0.168. The number of benzene rings is 5. The van der Waals surface area contributed by atoms with E-state index in [0.29, 0.717) is 10.9 Å². The fourth-order valence-corrected chi connectivity index (χ4v) is 5.74. The molecule has 0 saturated carbocycles. The largest absolute Gasteiger partial charge is 0.282 e. The van der Waals surface area contributed by atoms with E-state index in [-0.39, 0.29) is 5.84 Å². The maximum atomic E-state index is 8.64. The van der Waals surface area contributed by atoms with Crippen LogP contribution in [-0.2, 0) is 0 Å².